The summed E-state index contributed by atoms with van der Waals surface area (Å²) in [4.78, 5) is 17.7. The largest absolute Gasteiger partial charge is 0.469 e. The molecule has 0 saturated carbocycles. The lowest BCUT2D eigenvalue weighted by molar-refractivity contribution is -0.127. The minimum atomic E-state index is -0.0517. The van der Waals surface area contributed by atoms with Gasteiger partial charge >= 0.3 is 0 Å². The van der Waals surface area contributed by atoms with E-state index in [1.165, 1.54) is 4.90 Å². The van der Waals surface area contributed by atoms with E-state index in [9.17, 15) is 4.79 Å². The number of amides is 1. The standard InChI is InChI=1S/C18H30N4O4/c1-14(12-26-16-7-10-24-13-16)21-18(20-11-17(23)22(2)3)19-8-6-15-5-4-9-25-15/h4-5,9,14,16H,6-8,10-13H2,1-3H3,(H2,19,20,21). The lowest BCUT2D eigenvalue weighted by atomic mass is 10.3. The summed E-state index contributed by atoms with van der Waals surface area (Å²) < 4.78 is 16.5. The first kappa shape index (κ1) is 20.3. The van der Waals surface area contributed by atoms with Gasteiger partial charge in [0.05, 0.1) is 25.6 Å². The fraction of sp³-hybridized carbons (Fsp3) is 0.667. The van der Waals surface area contributed by atoms with Crippen LogP contribution in [0.4, 0.5) is 0 Å². The van der Waals surface area contributed by atoms with Crippen LogP contribution in [-0.4, -0.2) is 75.9 Å². The van der Waals surface area contributed by atoms with Crippen molar-refractivity contribution in [1.29, 1.82) is 0 Å². The molecule has 2 atom stereocenters. The highest BCUT2D eigenvalue weighted by Crippen LogP contribution is 2.08. The maximum Gasteiger partial charge on any atom is 0.243 e. The monoisotopic (exact) mass is 366 g/mol. The molecule has 0 bridgehead atoms. The Morgan fingerprint density at radius 1 is 1.50 bits per heavy atom. The van der Waals surface area contributed by atoms with Crippen LogP contribution in [0.15, 0.2) is 27.8 Å². The average molecular weight is 366 g/mol. The molecule has 0 aromatic carbocycles. The van der Waals surface area contributed by atoms with Crippen molar-refractivity contribution in [3.63, 3.8) is 0 Å². The van der Waals surface area contributed by atoms with E-state index in [1.54, 1.807) is 20.4 Å². The summed E-state index contributed by atoms with van der Waals surface area (Å²) in [6.45, 7) is 4.74. The van der Waals surface area contributed by atoms with E-state index in [0.29, 0.717) is 25.7 Å². The predicted octanol–water partition coefficient (Wildman–Crippen LogP) is 0.640. The number of furan rings is 1. The van der Waals surface area contributed by atoms with Gasteiger partial charge in [-0.3, -0.25) is 4.79 Å². The highest BCUT2D eigenvalue weighted by Gasteiger charge is 2.17. The number of aliphatic imine (C=N–C) groups is 1. The number of carbonyl (C=O) groups excluding carboxylic acids is 1. The Labute approximate surface area is 154 Å². The number of guanidine groups is 1. The molecule has 26 heavy (non-hydrogen) atoms. The zero-order valence-electron chi connectivity index (χ0n) is 15.9. The maximum atomic E-state index is 11.8. The van der Waals surface area contributed by atoms with Crippen molar-refractivity contribution in [2.75, 3.05) is 47.0 Å². The highest BCUT2D eigenvalue weighted by molar-refractivity contribution is 5.84. The molecule has 0 aliphatic carbocycles. The molecule has 1 amide bonds. The number of nitrogens with zero attached hydrogens (tertiary/aromatic N) is 2. The number of likely N-dealkylation sites (N-methyl/N-ethyl adjacent to an activating group) is 1. The third-order valence-corrected chi connectivity index (χ3v) is 3.97. The van der Waals surface area contributed by atoms with Gasteiger partial charge in [0.25, 0.3) is 0 Å². The SMILES string of the molecule is CC(COC1CCOC1)NC(=NCC(=O)N(C)C)NCCc1ccco1. The van der Waals surface area contributed by atoms with Gasteiger partial charge in [0.1, 0.15) is 12.3 Å². The molecule has 1 fully saturated rings. The second-order valence-electron chi connectivity index (χ2n) is 6.57. The van der Waals surface area contributed by atoms with Gasteiger partial charge in [-0.1, -0.05) is 0 Å². The molecule has 8 heteroatoms. The van der Waals surface area contributed by atoms with Gasteiger partial charge in [0, 0.05) is 39.7 Å². The first-order valence-electron chi connectivity index (χ1n) is 9.01. The number of rotatable bonds is 9. The van der Waals surface area contributed by atoms with Crippen LogP contribution in [0.2, 0.25) is 0 Å². The van der Waals surface area contributed by atoms with Crippen molar-refractivity contribution < 1.29 is 18.7 Å². The van der Waals surface area contributed by atoms with E-state index < -0.39 is 0 Å². The molecule has 0 radical (unpaired) electrons. The summed E-state index contributed by atoms with van der Waals surface area (Å²) in [7, 11) is 3.44. The van der Waals surface area contributed by atoms with Crippen LogP contribution in [-0.2, 0) is 20.7 Å². The molecule has 0 spiro atoms. The predicted molar refractivity (Wildman–Crippen MR) is 99.2 cm³/mol. The van der Waals surface area contributed by atoms with Crippen molar-refractivity contribution >= 4 is 11.9 Å². The quantitative estimate of drug-likeness (QED) is 0.493. The molecule has 1 aliphatic rings. The number of nitrogens with one attached hydrogen (secondary N) is 2. The van der Waals surface area contributed by atoms with Crippen LogP contribution in [0.5, 0.6) is 0 Å². The molecular formula is C18H30N4O4. The normalized spacial score (nSPS) is 18.6. The van der Waals surface area contributed by atoms with Crippen LogP contribution >= 0.6 is 0 Å². The molecule has 146 valence electrons. The van der Waals surface area contributed by atoms with Gasteiger partial charge in [0.2, 0.25) is 5.91 Å². The zero-order chi connectivity index (χ0) is 18.8. The minimum Gasteiger partial charge on any atom is -0.469 e. The molecule has 2 rings (SSSR count). The summed E-state index contributed by atoms with van der Waals surface area (Å²) >= 11 is 0. The van der Waals surface area contributed by atoms with Gasteiger partial charge in [0.15, 0.2) is 5.96 Å². The van der Waals surface area contributed by atoms with Crippen LogP contribution in [0.3, 0.4) is 0 Å². The molecule has 1 aromatic rings. The summed E-state index contributed by atoms with van der Waals surface area (Å²) in [5.74, 6) is 1.44. The summed E-state index contributed by atoms with van der Waals surface area (Å²) in [5, 5.41) is 6.53. The highest BCUT2D eigenvalue weighted by atomic mass is 16.5. The third kappa shape index (κ3) is 7.45. The van der Waals surface area contributed by atoms with Crippen LogP contribution in [0.25, 0.3) is 0 Å². The summed E-state index contributed by atoms with van der Waals surface area (Å²) in [5.41, 5.74) is 0. The maximum absolute atomic E-state index is 11.8. The molecular weight excluding hydrogens is 336 g/mol. The molecule has 1 aromatic heterocycles. The van der Waals surface area contributed by atoms with Crippen molar-refractivity contribution in [3.05, 3.63) is 24.2 Å². The van der Waals surface area contributed by atoms with E-state index in [-0.39, 0.29) is 24.6 Å². The van der Waals surface area contributed by atoms with Gasteiger partial charge in [-0.05, 0) is 25.5 Å². The summed E-state index contributed by atoms with van der Waals surface area (Å²) in [6, 6.07) is 3.85. The van der Waals surface area contributed by atoms with Crippen molar-refractivity contribution in [2.45, 2.75) is 31.9 Å². The second kappa shape index (κ2) is 10.8. The van der Waals surface area contributed by atoms with Crippen molar-refractivity contribution in [3.8, 4) is 0 Å². The molecule has 2 heterocycles. The van der Waals surface area contributed by atoms with Gasteiger partial charge in [-0.25, -0.2) is 4.99 Å². The number of carbonyl (C=O) groups is 1. The molecule has 1 aliphatic heterocycles. The third-order valence-electron chi connectivity index (χ3n) is 3.97. The van der Waals surface area contributed by atoms with Crippen molar-refractivity contribution in [1.82, 2.24) is 15.5 Å². The number of hydrogen-bond acceptors (Lipinski definition) is 5. The van der Waals surface area contributed by atoms with E-state index in [0.717, 1.165) is 25.2 Å². The van der Waals surface area contributed by atoms with Gasteiger partial charge in [-0.2, -0.15) is 0 Å². The Bertz CT molecular complexity index is 554. The second-order valence-corrected chi connectivity index (χ2v) is 6.57. The molecule has 2 unspecified atom stereocenters. The topological polar surface area (TPSA) is 88.3 Å². The molecule has 1 saturated heterocycles. The Kier molecular flexibility index (Phi) is 8.43. The van der Waals surface area contributed by atoms with Crippen LogP contribution in [0.1, 0.15) is 19.1 Å². The molecule has 2 N–H and O–H groups in total. The Morgan fingerprint density at radius 3 is 3.00 bits per heavy atom. The Balaban J connectivity index is 1.81. The van der Waals surface area contributed by atoms with Gasteiger partial charge < -0.3 is 29.4 Å². The lowest BCUT2D eigenvalue weighted by Gasteiger charge is -2.20. The lowest BCUT2D eigenvalue weighted by Crippen LogP contribution is -2.45. The van der Waals surface area contributed by atoms with E-state index in [4.69, 9.17) is 13.9 Å². The van der Waals surface area contributed by atoms with Crippen LogP contribution in [0, 0.1) is 0 Å². The fourth-order valence-corrected chi connectivity index (χ4v) is 2.40. The summed E-state index contributed by atoms with van der Waals surface area (Å²) in [6.07, 6.45) is 3.50. The van der Waals surface area contributed by atoms with E-state index in [2.05, 4.69) is 15.6 Å². The first-order chi connectivity index (χ1) is 12.5. The van der Waals surface area contributed by atoms with E-state index >= 15 is 0 Å². The van der Waals surface area contributed by atoms with Crippen LogP contribution < -0.4 is 10.6 Å². The Hall–Kier alpha value is -2.06. The number of ether oxygens (including phenoxy) is 2. The molecule has 8 nitrogen and oxygen atoms in total. The average Bonchev–Trinajstić information content (AvgIpc) is 3.31. The number of hydrogen-bond donors (Lipinski definition) is 2. The fourth-order valence-electron chi connectivity index (χ4n) is 2.40. The zero-order valence-corrected chi connectivity index (χ0v) is 15.9. The van der Waals surface area contributed by atoms with E-state index in [1.807, 2.05) is 19.1 Å². The first-order valence-corrected chi connectivity index (χ1v) is 9.01. The van der Waals surface area contributed by atoms with Gasteiger partial charge in [-0.15, -0.1) is 0 Å². The Morgan fingerprint density at radius 2 is 2.35 bits per heavy atom. The van der Waals surface area contributed by atoms with Crippen molar-refractivity contribution in [2.24, 2.45) is 4.99 Å². The smallest absolute Gasteiger partial charge is 0.243 e. The minimum absolute atomic E-state index is 0.0517.